The highest BCUT2D eigenvalue weighted by molar-refractivity contribution is 5.34. The maximum absolute atomic E-state index is 13.5. The molecule has 1 aromatic rings. The Balaban J connectivity index is 2.78. The number of hydrogen-bond acceptors (Lipinski definition) is 2. The first-order valence-corrected chi connectivity index (χ1v) is 4.68. The van der Waals surface area contributed by atoms with Crippen LogP contribution in [0.25, 0.3) is 0 Å². The number of rotatable bonds is 4. The minimum Gasteiger partial charge on any atom is -0.296 e. The molecule has 0 aliphatic rings. The zero-order valence-corrected chi connectivity index (χ0v) is 8.75. The van der Waals surface area contributed by atoms with Crippen LogP contribution < -0.4 is 0 Å². The molecule has 0 saturated carbocycles. The minimum atomic E-state index is -2.45. The zero-order chi connectivity index (χ0) is 12.1. The molecular weight excluding hydrogens is 217 g/mol. The summed E-state index contributed by atoms with van der Waals surface area (Å²) in [5.41, 5.74) is 0.185. The van der Waals surface area contributed by atoms with Gasteiger partial charge in [0.25, 0.3) is 6.43 Å². The van der Waals surface area contributed by atoms with E-state index in [0.29, 0.717) is 0 Å². The first kappa shape index (κ1) is 12.5. The van der Waals surface area contributed by atoms with E-state index in [2.05, 4.69) is 0 Å². The number of benzene rings is 1. The highest BCUT2D eigenvalue weighted by Crippen LogP contribution is 2.14. The summed E-state index contributed by atoms with van der Waals surface area (Å²) in [5, 5.41) is 8.60. The fraction of sp³-hybridized carbons (Fsp3) is 0.364. The summed E-state index contributed by atoms with van der Waals surface area (Å²) < 4.78 is 37.6. The molecule has 0 aliphatic carbocycles. The zero-order valence-electron chi connectivity index (χ0n) is 8.75. The largest absolute Gasteiger partial charge is 0.296 e. The molecule has 0 bridgehead atoms. The molecule has 0 atom stereocenters. The molecule has 0 radical (unpaired) electrons. The summed E-state index contributed by atoms with van der Waals surface area (Å²) in [6.07, 6.45) is -2.45. The Morgan fingerprint density at radius 2 is 2.12 bits per heavy atom. The first-order chi connectivity index (χ1) is 7.54. The molecule has 0 N–H and O–H groups in total. The highest BCUT2D eigenvalue weighted by Gasteiger charge is 2.12. The summed E-state index contributed by atoms with van der Waals surface area (Å²) in [5.74, 6) is -0.633. The SMILES string of the molecule is CN(Cc1cccc(C#N)c1F)CC(F)F. The van der Waals surface area contributed by atoms with Gasteiger partial charge in [-0.15, -0.1) is 0 Å². The van der Waals surface area contributed by atoms with Crippen LogP contribution in [0.2, 0.25) is 0 Å². The second-order valence-electron chi connectivity index (χ2n) is 3.48. The molecule has 1 aromatic carbocycles. The second kappa shape index (κ2) is 5.52. The lowest BCUT2D eigenvalue weighted by Crippen LogP contribution is -2.24. The molecular formula is C11H11F3N2. The fourth-order valence-electron chi connectivity index (χ4n) is 1.38. The van der Waals surface area contributed by atoms with E-state index in [9.17, 15) is 13.2 Å². The third kappa shape index (κ3) is 3.24. The van der Waals surface area contributed by atoms with E-state index < -0.39 is 18.8 Å². The van der Waals surface area contributed by atoms with Gasteiger partial charge in [-0.2, -0.15) is 5.26 Å². The van der Waals surface area contributed by atoms with Gasteiger partial charge in [0.05, 0.1) is 12.1 Å². The van der Waals surface area contributed by atoms with Gasteiger partial charge in [-0.3, -0.25) is 4.90 Å². The molecule has 0 fully saturated rings. The van der Waals surface area contributed by atoms with E-state index in [0.717, 1.165) is 0 Å². The van der Waals surface area contributed by atoms with E-state index in [1.54, 1.807) is 6.07 Å². The van der Waals surface area contributed by atoms with Crippen LogP contribution in [0.1, 0.15) is 11.1 Å². The summed E-state index contributed by atoms with van der Waals surface area (Å²) >= 11 is 0. The summed E-state index contributed by atoms with van der Waals surface area (Å²) in [7, 11) is 1.48. The number of hydrogen-bond donors (Lipinski definition) is 0. The molecule has 16 heavy (non-hydrogen) atoms. The predicted molar refractivity (Wildman–Crippen MR) is 53.5 cm³/mol. The smallest absolute Gasteiger partial charge is 0.251 e. The van der Waals surface area contributed by atoms with Gasteiger partial charge in [-0.25, -0.2) is 13.2 Å². The van der Waals surface area contributed by atoms with Crippen LogP contribution in [-0.4, -0.2) is 24.9 Å². The topological polar surface area (TPSA) is 27.0 Å². The van der Waals surface area contributed by atoms with Crippen molar-refractivity contribution in [2.24, 2.45) is 0 Å². The van der Waals surface area contributed by atoms with Crippen molar-refractivity contribution < 1.29 is 13.2 Å². The third-order valence-electron chi connectivity index (χ3n) is 2.09. The molecule has 0 amide bonds. The summed E-state index contributed by atoms with van der Waals surface area (Å²) in [6.45, 7) is -0.359. The predicted octanol–water partition coefficient (Wildman–Crippen LogP) is 2.39. The van der Waals surface area contributed by atoms with E-state index in [-0.39, 0.29) is 17.7 Å². The molecule has 0 heterocycles. The fourth-order valence-corrected chi connectivity index (χ4v) is 1.38. The van der Waals surface area contributed by atoms with Crippen LogP contribution in [0.4, 0.5) is 13.2 Å². The molecule has 0 saturated heterocycles. The van der Waals surface area contributed by atoms with Crippen LogP contribution in [0.15, 0.2) is 18.2 Å². The van der Waals surface area contributed by atoms with Crippen LogP contribution in [-0.2, 0) is 6.54 Å². The Kier molecular flexibility index (Phi) is 4.32. The standard InChI is InChI=1S/C11H11F3N2/c1-16(7-10(12)13)6-9-4-2-3-8(5-15)11(9)14/h2-4,10H,6-7H2,1H3. The van der Waals surface area contributed by atoms with Gasteiger partial charge < -0.3 is 0 Å². The van der Waals surface area contributed by atoms with Gasteiger partial charge in [0.2, 0.25) is 0 Å². The van der Waals surface area contributed by atoms with Crippen LogP contribution in [0.5, 0.6) is 0 Å². The third-order valence-corrected chi connectivity index (χ3v) is 2.09. The van der Waals surface area contributed by atoms with Crippen molar-refractivity contribution in [3.05, 3.63) is 35.1 Å². The van der Waals surface area contributed by atoms with Crippen LogP contribution >= 0.6 is 0 Å². The number of nitrogens with zero attached hydrogens (tertiary/aromatic N) is 2. The lowest BCUT2D eigenvalue weighted by atomic mass is 10.1. The number of alkyl halides is 2. The Bertz CT molecular complexity index is 399. The molecule has 0 aromatic heterocycles. The van der Waals surface area contributed by atoms with Gasteiger partial charge in [-0.1, -0.05) is 12.1 Å². The van der Waals surface area contributed by atoms with Gasteiger partial charge in [0.15, 0.2) is 0 Å². The average Bonchev–Trinajstić information content (AvgIpc) is 2.20. The Labute approximate surface area is 91.9 Å². The molecule has 1 rings (SSSR count). The van der Waals surface area contributed by atoms with Gasteiger partial charge in [0, 0.05) is 12.1 Å². The van der Waals surface area contributed by atoms with Crippen molar-refractivity contribution >= 4 is 0 Å². The van der Waals surface area contributed by atoms with Gasteiger partial charge in [0.1, 0.15) is 11.9 Å². The maximum atomic E-state index is 13.5. The van der Waals surface area contributed by atoms with Crippen molar-refractivity contribution in [3.63, 3.8) is 0 Å². The molecule has 86 valence electrons. The summed E-state index contributed by atoms with van der Waals surface area (Å²) in [4.78, 5) is 1.31. The maximum Gasteiger partial charge on any atom is 0.251 e. The average molecular weight is 228 g/mol. The lowest BCUT2D eigenvalue weighted by Gasteiger charge is -2.16. The molecule has 5 heteroatoms. The van der Waals surface area contributed by atoms with E-state index in [1.807, 2.05) is 0 Å². The molecule has 2 nitrogen and oxygen atoms in total. The van der Waals surface area contributed by atoms with Gasteiger partial charge in [-0.05, 0) is 13.1 Å². The van der Waals surface area contributed by atoms with Gasteiger partial charge >= 0.3 is 0 Å². The number of nitriles is 1. The monoisotopic (exact) mass is 228 g/mol. The normalized spacial score (nSPS) is 10.8. The summed E-state index contributed by atoms with van der Waals surface area (Å²) in [6, 6.07) is 6.08. The van der Waals surface area contributed by atoms with Crippen LogP contribution in [0, 0.1) is 17.1 Å². The second-order valence-corrected chi connectivity index (χ2v) is 3.48. The highest BCUT2D eigenvalue weighted by atomic mass is 19.3. The number of halogens is 3. The van der Waals surface area contributed by atoms with Crippen molar-refractivity contribution in [2.75, 3.05) is 13.6 Å². The molecule has 0 aliphatic heterocycles. The van der Waals surface area contributed by atoms with Crippen molar-refractivity contribution in [1.82, 2.24) is 4.90 Å². The van der Waals surface area contributed by atoms with E-state index >= 15 is 0 Å². The lowest BCUT2D eigenvalue weighted by molar-refractivity contribution is 0.0970. The molecule has 0 spiro atoms. The Hall–Kier alpha value is -1.54. The Morgan fingerprint density at radius 1 is 1.44 bits per heavy atom. The minimum absolute atomic E-state index is 0.0612. The van der Waals surface area contributed by atoms with E-state index in [4.69, 9.17) is 5.26 Å². The van der Waals surface area contributed by atoms with Crippen molar-refractivity contribution in [1.29, 1.82) is 5.26 Å². The van der Waals surface area contributed by atoms with E-state index in [1.165, 1.54) is 30.1 Å². The Morgan fingerprint density at radius 3 is 2.69 bits per heavy atom. The van der Waals surface area contributed by atoms with Crippen molar-refractivity contribution in [3.8, 4) is 6.07 Å². The molecule has 0 unspecified atom stereocenters. The van der Waals surface area contributed by atoms with Crippen molar-refractivity contribution in [2.45, 2.75) is 13.0 Å². The quantitative estimate of drug-likeness (QED) is 0.791. The first-order valence-electron chi connectivity index (χ1n) is 4.68. The van der Waals surface area contributed by atoms with Crippen LogP contribution in [0.3, 0.4) is 0 Å².